The fourth-order valence-corrected chi connectivity index (χ4v) is 2.69. The Hall–Kier alpha value is -1.80. The topological polar surface area (TPSA) is 92.7 Å². The molecule has 1 aliphatic rings. The molecule has 120 valence electrons. The van der Waals surface area contributed by atoms with Gasteiger partial charge < -0.3 is 9.84 Å². The van der Waals surface area contributed by atoms with Gasteiger partial charge in [0.1, 0.15) is 5.82 Å². The molecular formula is C13H13ClFNO5S. The van der Waals surface area contributed by atoms with E-state index in [1.54, 1.807) is 0 Å². The molecule has 2 rings (SSSR count). The SMILES string of the molecule is CCS(=O)(=O)NC1=C(O)C(=O)C(C)(c2ccc(Cl)cc2F)O1. The number of benzene rings is 1. The molecule has 2 N–H and O–H groups in total. The molecule has 0 spiro atoms. The van der Waals surface area contributed by atoms with Crippen LogP contribution in [-0.2, 0) is 25.2 Å². The number of Topliss-reactive ketones (excluding diaryl/α,β-unsaturated/α-hetero) is 1. The van der Waals surface area contributed by atoms with Gasteiger partial charge in [0, 0.05) is 10.6 Å². The van der Waals surface area contributed by atoms with Crippen LogP contribution in [0, 0.1) is 5.82 Å². The van der Waals surface area contributed by atoms with Gasteiger partial charge in [0.05, 0.1) is 5.75 Å². The van der Waals surface area contributed by atoms with Gasteiger partial charge >= 0.3 is 0 Å². The van der Waals surface area contributed by atoms with Crippen LogP contribution in [0.3, 0.4) is 0 Å². The Labute approximate surface area is 131 Å². The standard InChI is InChI=1S/C13H13ClFNO5S/c1-3-22(19,20)16-12-10(17)11(18)13(2,21-12)8-5-4-7(14)6-9(8)15/h4-6,16-17H,3H2,1-2H3. The first-order valence-electron chi connectivity index (χ1n) is 6.24. The summed E-state index contributed by atoms with van der Waals surface area (Å²) in [6.45, 7) is 2.60. The molecule has 1 aromatic rings. The second-order valence-corrected chi connectivity index (χ2v) is 7.22. The number of carbonyl (C=O) groups is 1. The Morgan fingerprint density at radius 1 is 1.45 bits per heavy atom. The molecule has 0 radical (unpaired) electrons. The van der Waals surface area contributed by atoms with E-state index in [4.69, 9.17) is 16.3 Å². The molecule has 6 nitrogen and oxygen atoms in total. The number of aliphatic hydroxyl groups is 1. The minimum Gasteiger partial charge on any atom is -0.501 e. The molecule has 1 aliphatic heterocycles. The molecule has 1 aromatic carbocycles. The van der Waals surface area contributed by atoms with Gasteiger partial charge in [-0.15, -0.1) is 0 Å². The predicted octanol–water partition coefficient (Wildman–Crippen LogP) is 1.96. The molecule has 1 heterocycles. The molecule has 0 saturated carbocycles. The zero-order valence-corrected chi connectivity index (χ0v) is 13.3. The molecule has 0 saturated heterocycles. The fraction of sp³-hybridized carbons (Fsp3) is 0.308. The van der Waals surface area contributed by atoms with Gasteiger partial charge in [0.15, 0.2) is 0 Å². The van der Waals surface area contributed by atoms with Gasteiger partial charge in [-0.2, -0.15) is 0 Å². The summed E-state index contributed by atoms with van der Waals surface area (Å²) in [5.41, 5.74) is -2.05. The Morgan fingerprint density at radius 2 is 2.09 bits per heavy atom. The van der Waals surface area contributed by atoms with Crippen molar-refractivity contribution in [3.63, 3.8) is 0 Å². The minimum atomic E-state index is -3.77. The van der Waals surface area contributed by atoms with Gasteiger partial charge in [-0.25, -0.2) is 12.8 Å². The maximum atomic E-state index is 14.0. The van der Waals surface area contributed by atoms with Crippen molar-refractivity contribution in [3.8, 4) is 0 Å². The zero-order chi connectivity index (χ0) is 16.7. The van der Waals surface area contributed by atoms with Crippen molar-refractivity contribution in [3.05, 3.63) is 46.2 Å². The van der Waals surface area contributed by atoms with Crippen molar-refractivity contribution >= 4 is 27.4 Å². The maximum Gasteiger partial charge on any atom is 0.250 e. The van der Waals surface area contributed by atoms with Crippen LogP contribution >= 0.6 is 11.6 Å². The van der Waals surface area contributed by atoms with E-state index in [0.29, 0.717) is 0 Å². The summed E-state index contributed by atoms with van der Waals surface area (Å²) in [4.78, 5) is 12.2. The van der Waals surface area contributed by atoms with Crippen LogP contribution in [0.25, 0.3) is 0 Å². The number of hydrogen-bond donors (Lipinski definition) is 2. The number of halogens is 2. The molecule has 22 heavy (non-hydrogen) atoms. The molecule has 1 atom stereocenters. The number of rotatable bonds is 4. The van der Waals surface area contributed by atoms with Gasteiger partial charge in [-0.3, -0.25) is 9.52 Å². The summed E-state index contributed by atoms with van der Waals surface area (Å²) in [5.74, 6) is -3.58. The first-order valence-corrected chi connectivity index (χ1v) is 8.27. The molecule has 0 aromatic heterocycles. The highest BCUT2D eigenvalue weighted by molar-refractivity contribution is 7.89. The summed E-state index contributed by atoms with van der Waals surface area (Å²) in [6.07, 6.45) is 0. The van der Waals surface area contributed by atoms with E-state index in [0.717, 1.165) is 6.07 Å². The Bertz CT molecular complexity index is 777. The summed E-state index contributed by atoms with van der Waals surface area (Å²) < 4.78 is 44.3. The van der Waals surface area contributed by atoms with Crippen LogP contribution in [0.4, 0.5) is 4.39 Å². The average Bonchev–Trinajstić information content (AvgIpc) is 2.63. The summed E-state index contributed by atoms with van der Waals surface area (Å²) >= 11 is 5.65. The van der Waals surface area contributed by atoms with E-state index in [9.17, 15) is 22.7 Å². The van der Waals surface area contributed by atoms with Gasteiger partial charge in [-0.1, -0.05) is 17.7 Å². The van der Waals surface area contributed by atoms with Crippen molar-refractivity contribution in [2.75, 3.05) is 5.75 Å². The van der Waals surface area contributed by atoms with E-state index in [-0.39, 0.29) is 16.3 Å². The predicted molar refractivity (Wildman–Crippen MR) is 77.1 cm³/mol. The second-order valence-electron chi connectivity index (χ2n) is 4.77. The van der Waals surface area contributed by atoms with Crippen LogP contribution in [0.1, 0.15) is 19.4 Å². The van der Waals surface area contributed by atoms with E-state index in [2.05, 4.69) is 0 Å². The normalized spacial score (nSPS) is 21.9. The number of sulfonamides is 1. The molecule has 0 fully saturated rings. The lowest BCUT2D eigenvalue weighted by molar-refractivity contribution is -0.132. The number of aliphatic hydroxyl groups excluding tert-OH is 1. The first-order chi connectivity index (χ1) is 10.1. The van der Waals surface area contributed by atoms with E-state index >= 15 is 0 Å². The van der Waals surface area contributed by atoms with Crippen molar-refractivity contribution in [1.82, 2.24) is 4.72 Å². The lowest BCUT2D eigenvalue weighted by Crippen LogP contribution is -2.33. The molecule has 1 unspecified atom stereocenters. The van der Waals surface area contributed by atoms with Crippen LogP contribution in [0.5, 0.6) is 0 Å². The van der Waals surface area contributed by atoms with Crippen molar-refractivity contribution in [1.29, 1.82) is 0 Å². The van der Waals surface area contributed by atoms with Crippen LogP contribution in [-0.4, -0.2) is 25.1 Å². The van der Waals surface area contributed by atoms with Gasteiger partial charge in [0.2, 0.25) is 27.3 Å². The highest BCUT2D eigenvalue weighted by atomic mass is 35.5. The molecule has 0 bridgehead atoms. The van der Waals surface area contributed by atoms with Crippen LogP contribution in [0.15, 0.2) is 29.8 Å². The molecule has 0 amide bonds. The van der Waals surface area contributed by atoms with Gasteiger partial charge in [0.25, 0.3) is 5.78 Å². The Kier molecular flexibility index (Phi) is 4.09. The Morgan fingerprint density at radius 3 is 2.64 bits per heavy atom. The lowest BCUT2D eigenvalue weighted by atomic mass is 9.91. The molecular weight excluding hydrogens is 337 g/mol. The molecule has 0 aliphatic carbocycles. The van der Waals surface area contributed by atoms with Crippen molar-refractivity contribution in [2.45, 2.75) is 19.4 Å². The highest BCUT2D eigenvalue weighted by Crippen LogP contribution is 2.38. The number of hydrogen-bond acceptors (Lipinski definition) is 5. The Balaban J connectivity index is 2.42. The number of ether oxygens (including phenoxy) is 1. The van der Waals surface area contributed by atoms with E-state index in [1.807, 2.05) is 4.72 Å². The molecule has 9 heteroatoms. The third-order valence-electron chi connectivity index (χ3n) is 3.24. The quantitative estimate of drug-likeness (QED) is 0.866. The lowest BCUT2D eigenvalue weighted by Gasteiger charge is -2.24. The summed E-state index contributed by atoms with van der Waals surface area (Å²) in [7, 11) is -3.77. The maximum absolute atomic E-state index is 14.0. The highest BCUT2D eigenvalue weighted by Gasteiger charge is 2.50. The number of ketones is 1. The van der Waals surface area contributed by atoms with Crippen molar-refractivity contribution < 1.29 is 27.4 Å². The fourth-order valence-electron chi connectivity index (χ4n) is 1.96. The van der Waals surface area contributed by atoms with Crippen molar-refractivity contribution in [2.24, 2.45) is 0 Å². The van der Waals surface area contributed by atoms with Crippen LogP contribution < -0.4 is 4.72 Å². The summed E-state index contributed by atoms with van der Waals surface area (Å²) in [6, 6.07) is 3.58. The number of nitrogens with one attached hydrogen (secondary N) is 1. The average molecular weight is 350 g/mol. The zero-order valence-electron chi connectivity index (χ0n) is 11.7. The third kappa shape index (κ3) is 2.76. The smallest absolute Gasteiger partial charge is 0.250 e. The number of carbonyl (C=O) groups excluding carboxylic acids is 1. The third-order valence-corrected chi connectivity index (χ3v) is 4.73. The second kappa shape index (κ2) is 5.44. The van der Waals surface area contributed by atoms with Crippen LogP contribution in [0.2, 0.25) is 5.02 Å². The monoisotopic (exact) mass is 349 g/mol. The summed E-state index contributed by atoms with van der Waals surface area (Å²) in [5, 5.41) is 9.91. The van der Waals surface area contributed by atoms with E-state index in [1.165, 1.54) is 26.0 Å². The first kappa shape index (κ1) is 16.6. The largest absolute Gasteiger partial charge is 0.501 e. The van der Waals surface area contributed by atoms with E-state index < -0.39 is 38.9 Å². The minimum absolute atomic E-state index is 0.124. The van der Waals surface area contributed by atoms with Gasteiger partial charge in [-0.05, 0) is 26.0 Å².